The molecule has 0 bridgehead atoms. The number of hydrogen-bond donors (Lipinski definition) is 2. The Morgan fingerprint density at radius 3 is 2.65 bits per heavy atom. The number of ether oxygens (including phenoxy) is 1. The molecule has 0 atom stereocenters. The molecule has 1 amide bonds. The van der Waals surface area contributed by atoms with Crippen molar-refractivity contribution in [3.05, 3.63) is 59.9 Å². The zero-order valence-electron chi connectivity index (χ0n) is 14.6. The van der Waals surface area contributed by atoms with Crippen LogP contribution in [0, 0.1) is 6.92 Å². The molecule has 134 valence electrons. The summed E-state index contributed by atoms with van der Waals surface area (Å²) in [5.74, 6) is 0.713. The molecular weight excluding hydrogens is 332 g/mol. The van der Waals surface area contributed by atoms with E-state index in [1.165, 1.54) is 0 Å². The molecule has 3 aromatic rings. The molecule has 0 saturated heterocycles. The first-order valence-corrected chi connectivity index (χ1v) is 8.13. The molecule has 0 aliphatic heterocycles. The van der Waals surface area contributed by atoms with Crippen LogP contribution in [0.3, 0.4) is 0 Å². The highest BCUT2D eigenvalue weighted by Gasteiger charge is 2.06. The highest BCUT2D eigenvalue weighted by Crippen LogP contribution is 2.17. The topological polar surface area (TPSA) is 94.0 Å². The first kappa shape index (κ1) is 17.4. The van der Waals surface area contributed by atoms with Crippen LogP contribution < -0.4 is 15.4 Å². The van der Waals surface area contributed by atoms with E-state index < -0.39 is 0 Å². The summed E-state index contributed by atoms with van der Waals surface area (Å²) in [5, 5.41) is 17.1. The van der Waals surface area contributed by atoms with Crippen molar-refractivity contribution >= 4 is 11.6 Å². The molecule has 0 unspecified atom stereocenters. The Hall–Kier alpha value is -3.42. The van der Waals surface area contributed by atoms with Crippen molar-refractivity contribution < 1.29 is 9.53 Å². The molecule has 0 fully saturated rings. The van der Waals surface area contributed by atoms with Gasteiger partial charge in [0.05, 0.1) is 19.3 Å². The van der Waals surface area contributed by atoms with Gasteiger partial charge in [0.25, 0.3) is 0 Å². The first-order chi connectivity index (χ1) is 12.7. The molecule has 0 spiro atoms. The standard InChI is InChI=1S/C18H20N6O2/c1-13-9-15(5-8-17(13)24-12-21-22-23-24)19-11-18(25)20-10-14-3-6-16(26-2)7-4-14/h3-9,12,19H,10-11H2,1-2H3,(H,20,25). The lowest BCUT2D eigenvalue weighted by Gasteiger charge is -2.11. The third-order valence-corrected chi connectivity index (χ3v) is 3.89. The van der Waals surface area contributed by atoms with Gasteiger partial charge in [-0.1, -0.05) is 12.1 Å². The molecule has 0 radical (unpaired) electrons. The Morgan fingerprint density at radius 1 is 1.19 bits per heavy atom. The number of methoxy groups -OCH3 is 1. The lowest BCUT2D eigenvalue weighted by atomic mass is 10.2. The molecule has 2 N–H and O–H groups in total. The maximum Gasteiger partial charge on any atom is 0.239 e. The van der Waals surface area contributed by atoms with E-state index in [9.17, 15) is 4.79 Å². The monoisotopic (exact) mass is 352 g/mol. The van der Waals surface area contributed by atoms with Crippen LogP contribution in [-0.4, -0.2) is 39.8 Å². The van der Waals surface area contributed by atoms with Crippen LogP contribution in [0.2, 0.25) is 0 Å². The average molecular weight is 352 g/mol. The molecule has 0 aliphatic rings. The summed E-state index contributed by atoms with van der Waals surface area (Å²) in [6.07, 6.45) is 1.54. The van der Waals surface area contributed by atoms with Gasteiger partial charge in [0.2, 0.25) is 5.91 Å². The van der Waals surface area contributed by atoms with Gasteiger partial charge in [0, 0.05) is 12.2 Å². The molecular formula is C18H20N6O2. The van der Waals surface area contributed by atoms with Gasteiger partial charge in [-0.25, -0.2) is 4.68 Å². The summed E-state index contributed by atoms with van der Waals surface area (Å²) in [5.41, 5.74) is 3.77. The zero-order chi connectivity index (χ0) is 18.4. The van der Waals surface area contributed by atoms with Crippen LogP contribution in [0.25, 0.3) is 5.69 Å². The van der Waals surface area contributed by atoms with Crippen LogP contribution in [0.15, 0.2) is 48.8 Å². The van der Waals surface area contributed by atoms with Gasteiger partial charge in [-0.15, -0.1) is 5.10 Å². The van der Waals surface area contributed by atoms with Crippen molar-refractivity contribution in [2.75, 3.05) is 19.0 Å². The molecule has 3 rings (SSSR count). The van der Waals surface area contributed by atoms with E-state index in [4.69, 9.17) is 4.74 Å². The van der Waals surface area contributed by atoms with E-state index in [2.05, 4.69) is 26.2 Å². The van der Waals surface area contributed by atoms with Crippen LogP contribution in [0.5, 0.6) is 5.75 Å². The minimum absolute atomic E-state index is 0.0805. The minimum Gasteiger partial charge on any atom is -0.497 e. The van der Waals surface area contributed by atoms with Gasteiger partial charge in [0.15, 0.2) is 0 Å². The van der Waals surface area contributed by atoms with E-state index in [1.54, 1.807) is 18.1 Å². The van der Waals surface area contributed by atoms with Crippen molar-refractivity contribution in [1.82, 2.24) is 25.5 Å². The predicted octanol–water partition coefficient (Wildman–Crippen LogP) is 1.71. The van der Waals surface area contributed by atoms with Crippen LogP contribution in [-0.2, 0) is 11.3 Å². The minimum atomic E-state index is -0.0805. The van der Waals surface area contributed by atoms with Crippen molar-refractivity contribution in [1.29, 1.82) is 0 Å². The van der Waals surface area contributed by atoms with E-state index in [-0.39, 0.29) is 12.5 Å². The largest absolute Gasteiger partial charge is 0.497 e. The average Bonchev–Trinajstić information content (AvgIpc) is 3.19. The number of aryl methyl sites for hydroxylation is 1. The fraction of sp³-hybridized carbons (Fsp3) is 0.222. The Balaban J connectivity index is 1.50. The molecule has 8 heteroatoms. The number of carbonyl (C=O) groups excluding carboxylic acids is 1. The van der Waals surface area contributed by atoms with Crippen molar-refractivity contribution in [3.8, 4) is 11.4 Å². The lowest BCUT2D eigenvalue weighted by Crippen LogP contribution is -2.29. The predicted molar refractivity (Wildman–Crippen MR) is 97.2 cm³/mol. The van der Waals surface area contributed by atoms with E-state index in [0.717, 1.165) is 28.3 Å². The number of hydrogen-bond acceptors (Lipinski definition) is 6. The van der Waals surface area contributed by atoms with Crippen molar-refractivity contribution in [2.24, 2.45) is 0 Å². The van der Waals surface area contributed by atoms with Gasteiger partial charge < -0.3 is 15.4 Å². The maximum absolute atomic E-state index is 12.0. The van der Waals surface area contributed by atoms with E-state index in [1.807, 2.05) is 49.4 Å². The Bertz CT molecular complexity index is 862. The lowest BCUT2D eigenvalue weighted by molar-refractivity contribution is -0.119. The van der Waals surface area contributed by atoms with Crippen LogP contribution >= 0.6 is 0 Å². The number of anilines is 1. The van der Waals surface area contributed by atoms with Gasteiger partial charge in [-0.05, 0) is 58.8 Å². The summed E-state index contributed by atoms with van der Waals surface area (Å²) in [7, 11) is 1.62. The normalized spacial score (nSPS) is 10.4. The second-order valence-electron chi connectivity index (χ2n) is 5.73. The highest BCUT2D eigenvalue weighted by molar-refractivity contribution is 5.80. The number of nitrogens with zero attached hydrogens (tertiary/aromatic N) is 4. The maximum atomic E-state index is 12.0. The highest BCUT2D eigenvalue weighted by atomic mass is 16.5. The zero-order valence-corrected chi connectivity index (χ0v) is 14.6. The van der Waals surface area contributed by atoms with E-state index >= 15 is 0 Å². The SMILES string of the molecule is COc1ccc(CNC(=O)CNc2ccc(-n3cnnn3)c(C)c2)cc1. The number of rotatable bonds is 7. The Labute approximate surface area is 151 Å². The van der Waals surface area contributed by atoms with Gasteiger partial charge in [-0.2, -0.15) is 0 Å². The summed E-state index contributed by atoms with van der Waals surface area (Å²) >= 11 is 0. The third-order valence-electron chi connectivity index (χ3n) is 3.89. The fourth-order valence-electron chi connectivity index (χ4n) is 2.48. The van der Waals surface area contributed by atoms with E-state index in [0.29, 0.717) is 6.54 Å². The van der Waals surface area contributed by atoms with Gasteiger partial charge >= 0.3 is 0 Å². The Morgan fingerprint density at radius 2 is 2.00 bits per heavy atom. The number of amides is 1. The quantitative estimate of drug-likeness (QED) is 0.672. The summed E-state index contributed by atoms with van der Waals surface area (Å²) in [6.45, 7) is 2.63. The summed E-state index contributed by atoms with van der Waals surface area (Å²) in [4.78, 5) is 12.0. The summed E-state index contributed by atoms with van der Waals surface area (Å²) in [6, 6.07) is 13.3. The molecule has 0 aliphatic carbocycles. The molecule has 0 saturated carbocycles. The van der Waals surface area contributed by atoms with Crippen molar-refractivity contribution in [2.45, 2.75) is 13.5 Å². The molecule has 1 aromatic heterocycles. The fourth-order valence-corrected chi connectivity index (χ4v) is 2.48. The smallest absolute Gasteiger partial charge is 0.239 e. The second-order valence-corrected chi connectivity index (χ2v) is 5.73. The van der Waals surface area contributed by atoms with Gasteiger partial charge in [0.1, 0.15) is 12.1 Å². The van der Waals surface area contributed by atoms with Gasteiger partial charge in [-0.3, -0.25) is 4.79 Å². The number of benzene rings is 2. The summed E-state index contributed by atoms with van der Waals surface area (Å²) < 4.78 is 6.71. The number of aromatic nitrogens is 4. The molecule has 26 heavy (non-hydrogen) atoms. The third kappa shape index (κ3) is 4.35. The Kier molecular flexibility index (Phi) is 5.43. The molecule has 2 aromatic carbocycles. The molecule has 8 nitrogen and oxygen atoms in total. The second kappa shape index (κ2) is 8.11. The molecule has 1 heterocycles. The number of nitrogens with one attached hydrogen (secondary N) is 2. The first-order valence-electron chi connectivity index (χ1n) is 8.13. The van der Waals surface area contributed by atoms with Crippen LogP contribution in [0.4, 0.5) is 5.69 Å². The van der Waals surface area contributed by atoms with Crippen LogP contribution in [0.1, 0.15) is 11.1 Å². The van der Waals surface area contributed by atoms with Crippen molar-refractivity contribution in [3.63, 3.8) is 0 Å². The number of tetrazole rings is 1. The number of carbonyl (C=O) groups is 1.